The molecule has 9 heteroatoms. The smallest absolute Gasteiger partial charge is 0.253 e. The Morgan fingerprint density at radius 1 is 1.29 bits per heavy atom. The van der Waals surface area contributed by atoms with E-state index in [4.69, 9.17) is 4.74 Å². The predicted molar refractivity (Wildman–Crippen MR) is 107 cm³/mol. The topological polar surface area (TPSA) is 98.1 Å². The number of fused-ring (bicyclic) bond motifs is 1. The maximum atomic E-state index is 12.7. The highest BCUT2D eigenvalue weighted by molar-refractivity contribution is 5.97. The first kappa shape index (κ1) is 18.1. The van der Waals surface area contributed by atoms with Gasteiger partial charge in [-0.05, 0) is 47.9 Å². The maximum absolute atomic E-state index is 12.7. The summed E-state index contributed by atoms with van der Waals surface area (Å²) >= 11 is 0. The Morgan fingerprint density at radius 2 is 2.07 bits per heavy atom. The summed E-state index contributed by atoms with van der Waals surface area (Å²) in [6.45, 7) is 3.58. The molecule has 1 fully saturated rings. The molecular weight excluding hydrogens is 358 g/mol. The first-order valence-corrected chi connectivity index (χ1v) is 9.27. The number of nitrogens with one attached hydrogen (secondary N) is 1. The molecule has 0 bridgehead atoms. The van der Waals surface area contributed by atoms with Crippen LogP contribution in [0.3, 0.4) is 0 Å². The zero-order valence-corrected chi connectivity index (χ0v) is 16.2. The zero-order chi connectivity index (χ0) is 19.7. The predicted octanol–water partition coefficient (Wildman–Crippen LogP) is 1.72. The molecule has 3 aromatic rings. The van der Waals surface area contributed by atoms with Crippen molar-refractivity contribution in [2.75, 3.05) is 25.1 Å². The number of hydrogen-bond acceptors (Lipinski definition) is 7. The van der Waals surface area contributed by atoms with Gasteiger partial charge in [0.15, 0.2) is 0 Å². The number of benzene rings is 1. The van der Waals surface area contributed by atoms with E-state index in [9.17, 15) is 4.79 Å². The van der Waals surface area contributed by atoms with Crippen LogP contribution in [0.15, 0.2) is 24.4 Å². The Balaban J connectivity index is 0.00000240. The third kappa shape index (κ3) is 3.47. The molecule has 1 aliphatic heterocycles. The van der Waals surface area contributed by atoms with Gasteiger partial charge >= 0.3 is 0 Å². The van der Waals surface area contributed by atoms with E-state index in [1.165, 1.54) is 0 Å². The van der Waals surface area contributed by atoms with Crippen LogP contribution in [0.4, 0.5) is 5.95 Å². The highest BCUT2D eigenvalue weighted by atomic mass is 16.5. The molecule has 0 radical (unpaired) electrons. The number of carbonyl (C=O) groups excluding carboxylic acids is 1. The molecule has 1 aromatic carbocycles. The van der Waals surface area contributed by atoms with Crippen molar-refractivity contribution < 1.29 is 11.0 Å². The third-order valence-corrected chi connectivity index (χ3v) is 5.17. The summed E-state index contributed by atoms with van der Waals surface area (Å²) in [5.74, 6) is 1.46. The lowest BCUT2D eigenvalue weighted by molar-refractivity contribution is 0.0931. The molecule has 3 heterocycles. The summed E-state index contributed by atoms with van der Waals surface area (Å²) in [6, 6.07) is 5.89. The van der Waals surface area contributed by atoms with E-state index in [0.717, 1.165) is 54.1 Å². The van der Waals surface area contributed by atoms with E-state index in [-0.39, 0.29) is 13.4 Å². The second-order valence-electron chi connectivity index (χ2n) is 7.08. The molecule has 9 nitrogen and oxygen atoms in total. The molecule has 1 aliphatic rings. The van der Waals surface area contributed by atoms with Gasteiger partial charge in [-0.25, -0.2) is 4.68 Å². The maximum Gasteiger partial charge on any atom is 0.253 e. The number of nitrogens with zero attached hydrogens (tertiary/aromatic N) is 6. The molecule has 0 unspecified atom stereocenters. The second kappa shape index (κ2) is 7.41. The molecular formula is C19H25N7O2. The number of carbonyl (C=O) groups is 1. The molecule has 1 N–H and O–H groups in total. The number of piperidine rings is 1. The van der Waals surface area contributed by atoms with Crippen LogP contribution < -0.4 is 15.0 Å². The minimum Gasteiger partial charge on any atom is -0.496 e. The van der Waals surface area contributed by atoms with Gasteiger partial charge in [0.25, 0.3) is 5.91 Å². The number of methoxy groups -OCH3 is 1. The SMILES string of the molecule is COc1cc2ncc(C(=O)NC3CCN(c4nnnn4C)CC3)cc2cc1C.[HH]. The number of hydrogen-bond donors (Lipinski definition) is 1. The molecule has 4 rings (SSSR count). The van der Waals surface area contributed by atoms with Crippen LogP contribution in [0.25, 0.3) is 10.9 Å². The van der Waals surface area contributed by atoms with Crippen molar-refractivity contribution in [2.24, 2.45) is 7.05 Å². The Kier molecular flexibility index (Phi) is 4.81. The summed E-state index contributed by atoms with van der Waals surface area (Å²) in [4.78, 5) is 19.3. The number of tetrazole rings is 1. The van der Waals surface area contributed by atoms with Gasteiger partial charge in [0.1, 0.15) is 5.75 Å². The quantitative estimate of drug-likeness (QED) is 0.732. The largest absolute Gasteiger partial charge is 0.496 e. The monoisotopic (exact) mass is 383 g/mol. The molecule has 1 saturated heterocycles. The molecule has 2 aromatic heterocycles. The van der Waals surface area contributed by atoms with E-state index in [1.807, 2.05) is 32.2 Å². The Hall–Kier alpha value is -3.23. The van der Waals surface area contributed by atoms with Crippen molar-refractivity contribution in [1.29, 1.82) is 0 Å². The second-order valence-corrected chi connectivity index (χ2v) is 7.08. The van der Waals surface area contributed by atoms with Gasteiger partial charge in [-0.1, -0.05) is 5.10 Å². The molecule has 0 saturated carbocycles. The van der Waals surface area contributed by atoms with Crippen molar-refractivity contribution >= 4 is 22.8 Å². The van der Waals surface area contributed by atoms with Gasteiger partial charge < -0.3 is 15.0 Å². The van der Waals surface area contributed by atoms with Crippen LogP contribution in [-0.2, 0) is 7.05 Å². The van der Waals surface area contributed by atoms with E-state index >= 15 is 0 Å². The van der Waals surface area contributed by atoms with Crippen molar-refractivity contribution in [3.05, 3.63) is 35.5 Å². The average Bonchev–Trinajstić information content (AvgIpc) is 3.13. The van der Waals surface area contributed by atoms with Crippen LogP contribution >= 0.6 is 0 Å². The van der Waals surface area contributed by atoms with Gasteiger partial charge in [-0.15, -0.1) is 0 Å². The van der Waals surface area contributed by atoms with Crippen LogP contribution in [-0.4, -0.2) is 57.3 Å². The normalized spacial score (nSPS) is 15.0. The fourth-order valence-electron chi connectivity index (χ4n) is 3.60. The van der Waals surface area contributed by atoms with E-state index in [1.54, 1.807) is 18.0 Å². The lowest BCUT2D eigenvalue weighted by Gasteiger charge is -2.32. The first-order chi connectivity index (χ1) is 13.5. The summed E-state index contributed by atoms with van der Waals surface area (Å²) in [7, 11) is 3.47. The van der Waals surface area contributed by atoms with E-state index in [2.05, 4.69) is 30.7 Å². The first-order valence-electron chi connectivity index (χ1n) is 9.27. The van der Waals surface area contributed by atoms with Crippen molar-refractivity contribution in [1.82, 2.24) is 30.5 Å². The summed E-state index contributed by atoms with van der Waals surface area (Å²) in [6.07, 6.45) is 3.30. The molecule has 28 heavy (non-hydrogen) atoms. The molecule has 148 valence electrons. The standard InChI is InChI=1S/C19H23N7O2.H2/c1-12-8-13-9-14(11-20-16(13)10-17(12)28-3)18(27)21-15-4-6-26(7-5-15)19-22-23-24-25(19)2;/h8-11,15H,4-7H2,1-3H3,(H,21,27);1H. The average molecular weight is 383 g/mol. The minimum atomic E-state index is -0.0957. The Bertz CT molecular complexity index is 1010. The molecule has 0 aliphatic carbocycles. The number of anilines is 1. The van der Waals surface area contributed by atoms with E-state index in [0.29, 0.717) is 5.56 Å². The molecule has 1 amide bonds. The number of pyridine rings is 1. The third-order valence-electron chi connectivity index (χ3n) is 5.17. The lowest BCUT2D eigenvalue weighted by atomic mass is 10.0. The van der Waals surface area contributed by atoms with Crippen LogP contribution in [0.2, 0.25) is 0 Å². The van der Waals surface area contributed by atoms with Crippen molar-refractivity contribution in [3.63, 3.8) is 0 Å². The number of aryl methyl sites for hydroxylation is 2. The molecule has 0 spiro atoms. The number of rotatable bonds is 4. The fraction of sp³-hybridized carbons (Fsp3) is 0.421. The van der Waals surface area contributed by atoms with Gasteiger partial charge in [-0.2, -0.15) is 0 Å². The van der Waals surface area contributed by atoms with E-state index < -0.39 is 0 Å². The minimum absolute atomic E-state index is 0. The Morgan fingerprint density at radius 3 is 2.75 bits per heavy atom. The van der Waals surface area contributed by atoms with Crippen LogP contribution in [0.5, 0.6) is 5.75 Å². The zero-order valence-electron chi connectivity index (χ0n) is 16.2. The number of ether oxygens (including phenoxy) is 1. The van der Waals surface area contributed by atoms with Gasteiger partial charge in [-0.3, -0.25) is 9.78 Å². The summed E-state index contributed by atoms with van der Waals surface area (Å²) in [5, 5.41) is 15.7. The van der Waals surface area contributed by atoms with Crippen molar-refractivity contribution in [2.45, 2.75) is 25.8 Å². The van der Waals surface area contributed by atoms with Gasteiger partial charge in [0.2, 0.25) is 5.95 Å². The number of aromatic nitrogens is 5. The van der Waals surface area contributed by atoms with Crippen molar-refractivity contribution in [3.8, 4) is 5.75 Å². The van der Waals surface area contributed by atoms with Crippen LogP contribution in [0.1, 0.15) is 30.2 Å². The fourth-order valence-corrected chi connectivity index (χ4v) is 3.60. The van der Waals surface area contributed by atoms with Crippen LogP contribution in [0, 0.1) is 6.92 Å². The van der Waals surface area contributed by atoms with Gasteiger partial charge in [0.05, 0.1) is 18.2 Å². The summed E-state index contributed by atoms with van der Waals surface area (Å²) in [5.41, 5.74) is 2.39. The molecule has 0 atom stereocenters. The number of amides is 1. The highest BCUT2D eigenvalue weighted by Crippen LogP contribution is 2.24. The lowest BCUT2D eigenvalue weighted by Crippen LogP contribution is -2.45. The van der Waals surface area contributed by atoms with Gasteiger partial charge in [0, 0.05) is 45.3 Å². The summed E-state index contributed by atoms with van der Waals surface area (Å²) < 4.78 is 7.00. The Labute approximate surface area is 164 Å². The highest BCUT2D eigenvalue weighted by Gasteiger charge is 2.24.